The van der Waals surface area contributed by atoms with Gasteiger partial charge >= 0.3 is 0 Å². The lowest BCUT2D eigenvalue weighted by Crippen LogP contribution is -2.56. The second-order valence-electron chi connectivity index (χ2n) is 8.94. The Bertz CT molecular complexity index is 1510. The minimum Gasteiger partial charge on any atom is -0.367 e. The molecule has 188 valence electrons. The molecule has 5 rings (SSSR count). The zero-order valence-electron chi connectivity index (χ0n) is 18.9. The number of halogens is 4. The van der Waals surface area contributed by atoms with Crippen molar-refractivity contribution in [2.75, 3.05) is 22.9 Å². The van der Waals surface area contributed by atoms with E-state index in [9.17, 15) is 30.8 Å². The summed E-state index contributed by atoms with van der Waals surface area (Å²) < 4.78 is 81.4. The van der Waals surface area contributed by atoms with Crippen molar-refractivity contribution in [1.82, 2.24) is 4.98 Å². The highest BCUT2D eigenvalue weighted by Crippen LogP contribution is 2.39. The lowest BCUT2D eigenvalue weighted by molar-refractivity contribution is -0.123. The number of nitrogens with two attached hydrogens (primary N) is 1. The maximum absolute atomic E-state index is 14.9. The van der Waals surface area contributed by atoms with E-state index in [1.165, 1.54) is 28.1 Å². The van der Waals surface area contributed by atoms with Crippen molar-refractivity contribution < 1.29 is 30.8 Å². The molecule has 1 atom stereocenters. The maximum atomic E-state index is 14.9. The van der Waals surface area contributed by atoms with Crippen LogP contribution in [0.2, 0.25) is 0 Å². The van der Waals surface area contributed by atoms with Crippen LogP contribution in [-0.4, -0.2) is 38.4 Å². The first kappa shape index (κ1) is 24.2. The first-order valence-corrected chi connectivity index (χ1v) is 12.5. The Morgan fingerprint density at radius 2 is 1.72 bits per heavy atom. The summed E-state index contributed by atoms with van der Waals surface area (Å²) in [6.07, 6.45) is 2.63. The number of primary sulfonamides is 1. The van der Waals surface area contributed by atoms with E-state index in [1.807, 2.05) is 0 Å². The number of sulfonamides is 1. The van der Waals surface area contributed by atoms with Gasteiger partial charge in [0, 0.05) is 48.3 Å². The average molecular weight is 521 g/mol. The molecule has 36 heavy (non-hydrogen) atoms. The highest BCUT2D eigenvalue weighted by Gasteiger charge is 2.42. The summed E-state index contributed by atoms with van der Waals surface area (Å²) in [4.78, 5) is 19.2. The number of aromatic nitrogens is 1. The Morgan fingerprint density at radius 3 is 2.39 bits per heavy atom. The fraction of sp³-hybridized carbons (Fsp3) is 0.250. The maximum Gasteiger partial charge on any atom is 0.241 e. The van der Waals surface area contributed by atoms with Crippen molar-refractivity contribution in [2.24, 2.45) is 11.1 Å². The number of hydrogen-bond acceptors (Lipinski definition) is 5. The first-order chi connectivity index (χ1) is 17.0. The van der Waals surface area contributed by atoms with Gasteiger partial charge in [0.2, 0.25) is 15.9 Å². The topological polar surface area (TPSA) is 96.6 Å². The molecule has 7 nitrogen and oxygen atoms in total. The van der Waals surface area contributed by atoms with E-state index < -0.39 is 44.1 Å². The van der Waals surface area contributed by atoms with E-state index in [0.717, 1.165) is 24.4 Å². The Balaban J connectivity index is 1.36. The number of nitrogens with zero attached hydrogens (tertiary/aromatic N) is 3. The van der Waals surface area contributed by atoms with Gasteiger partial charge in [-0.15, -0.1) is 0 Å². The molecular weight excluding hydrogens is 500 g/mol. The molecule has 3 aromatic rings. The van der Waals surface area contributed by atoms with Gasteiger partial charge in [0.25, 0.3) is 0 Å². The molecule has 3 heterocycles. The number of anilines is 2. The van der Waals surface area contributed by atoms with Crippen LogP contribution in [-0.2, 0) is 21.2 Å². The third-order valence-electron chi connectivity index (χ3n) is 6.58. The van der Waals surface area contributed by atoms with Crippen LogP contribution in [0.25, 0.3) is 11.1 Å². The molecule has 2 aliphatic heterocycles. The zero-order chi connectivity index (χ0) is 25.9. The van der Waals surface area contributed by atoms with Gasteiger partial charge < -0.3 is 9.80 Å². The van der Waals surface area contributed by atoms with Gasteiger partial charge in [0.15, 0.2) is 11.6 Å². The van der Waals surface area contributed by atoms with Gasteiger partial charge in [-0.3, -0.25) is 9.78 Å². The van der Waals surface area contributed by atoms with Crippen molar-refractivity contribution in [3.05, 3.63) is 71.6 Å². The SMILES string of the molecule is C[C@H]1Cc2cc(F)c(S(N)(=O)=O)cc2N1C(=O)C1CN(c2ccc(-c3cnccc3F)c(F)c2F)C1. The van der Waals surface area contributed by atoms with Crippen molar-refractivity contribution in [1.29, 1.82) is 0 Å². The molecule has 0 bridgehead atoms. The number of hydrogen-bond donors (Lipinski definition) is 1. The third kappa shape index (κ3) is 3.90. The minimum absolute atomic E-state index is 0.0712. The van der Waals surface area contributed by atoms with Crippen molar-refractivity contribution in [3.8, 4) is 11.1 Å². The molecule has 1 fully saturated rings. The number of carbonyl (C=O) groups excluding carboxylic acids is 1. The molecule has 0 unspecified atom stereocenters. The van der Waals surface area contributed by atoms with Crippen LogP contribution in [0.4, 0.5) is 28.9 Å². The Hall–Kier alpha value is -3.51. The van der Waals surface area contributed by atoms with Crippen LogP contribution in [0.3, 0.4) is 0 Å². The van der Waals surface area contributed by atoms with E-state index in [1.54, 1.807) is 6.92 Å². The van der Waals surface area contributed by atoms with Gasteiger partial charge in [-0.05, 0) is 49.2 Å². The Labute approximate surface area is 204 Å². The van der Waals surface area contributed by atoms with Crippen LogP contribution >= 0.6 is 0 Å². The lowest BCUT2D eigenvalue weighted by Gasteiger charge is -2.42. The normalized spacial score (nSPS) is 17.8. The fourth-order valence-corrected chi connectivity index (χ4v) is 5.37. The predicted octanol–water partition coefficient (Wildman–Crippen LogP) is 3.37. The van der Waals surface area contributed by atoms with E-state index >= 15 is 0 Å². The summed E-state index contributed by atoms with van der Waals surface area (Å²) in [7, 11) is -4.34. The average Bonchev–Trinajstić information content (AvgIpc) is 3.09. The van der Waals surface area contributed by atoms with Gasteiger partial charge in [0.05, 0.1) is 11.6 Å². The number of benzene rings is 2. The largest absolute Gasteiger partial charge is 0.367 e. The summed E-state index contributed by atoms with van der Waals surface area (Å²) >= 11 is 0. The molecule has 0 aliphatic carbocycles. The standard InChI is InChI=1S/C24H20F4N4O3S/c1-12-6-13-7-18(26)21(36(29,34)35)8-20(13)32(12)24(33)14-10-31(11-14)19-3-2-15(22(27)23(19)28)16-9-30-5-4-17(16)25/h2-5,7-9,12,14H,6,10-11H2,1H3,(H2,29,34,35)/t12-/m0/s1. The van der Waals surface area contributed by atoms with Gasteiger partial charge in [-0.1, -0.05) is 0 Å². The highest BCUT2D eigenvalue weighted by molar-refractivity contribution is 7.89. The van der Waals surface area contributed by atoms with E-state index in [0.29, 0.717) is 12.0 Å². The predicted molar refractivity (Wildman–Crippen MR) is 124 cm³/mol. The van der Waals surface area contributed by atoms with E-state index in [2.05, 4.69) is 4.98 Å². The lowest BCUT2D eigenvalue weighted by atomic mass is 9.96. The van der Waals surface area contributed by atoms with Crippen LogP contribution < -0.4 is 14.9 Å². The highest BCUT2D eigenvalue weighted by atomic mass is 32.2. The van der Waals surface area contributed by atoms with Gasteiger partial charge in [0.1, 0.15) is 16.5 Å². The number of carbonyl (C=O) groups is 1. The number of pyridine rings is 1. The quantitative estimate of drug-likeness (QED) is 0.533. The number of amides is 1. The monoisotopic (exact) mass is 520 g/mol. The second-order valence-corrected chi connectivity index (χ2v) is 10.5. The van der Waals surface area contributed by atoms with Crippen molar-refractivity contribution in [2.45, 2.75) is 24.3 Å². The number of fused-ring (bicyclic) bond motifs is 1. The first-order valence-electron chi connectivity index (χ1n) is 11.0. The minimum atomic E-state index is -4.34. The van der Waals surface area contributed by atoms with E-state index in [4.69, 9.17) is 5.14 Å². The van der Waals surface area contributed by atoms with Crippen LogP contribution in [0, 0.1) is 29.2 Å². The van der Waals surface area contributed by atoms with Crippen molar-refractivity contribution in [3.63, 3.8) is 0 Å². The number of rotatable bonds is 4. The summed E-state index contributed by atoms with van der Waals surface area (Å²) in [5.41, 5.74) is 0.224. The Kier molecular flexibility index (Phi) is 5.75. The summed E-state index contributed by atoms with van der Waals surface area (Å²) in [6.45, 7) is 1.91. The molecule has 2 N–H and O–H groups in total. The molecule has 2 aliphatic rings. The zero-order valence-corrected chi connectivity index (χ0v) is 19.7. The van der Waals surface area contributed by atoms with Gasteiger partial charge in [-0.2, -0.15) is 0 Å². The van der Waals surface area contributed by atoms with Crippen LogP contribution in [0.5, 0.6) is 0 Å². The molecule has 1 aromatic heterocycles. The molecule has 0 saturated carbocycles. The van der Waals surface area contributed by atoms with E-state index in [-0.39, 0.29) is 47.5 Å². The molecule has 0 spiro atoms. The molecule has 1 saturated heterocycles. The third-order valence-corrected chi connectivity index (χ3v) is 7.51. The summed E-state index contributed by atoms with van der Waals surface area (Å²) in [5, 5.41) is 5.10. The van der Waals surface area contributed by atoms with Gasteiger partial charge in [-0.25, -0.2) is 31.1 Å². The molecular formula is C24H20F4N4O3S. The smallest absolute Gasteiger partial charge is 0.241 e. The molecule has 2 aromatic carbocycles. The van der Waals surface area contributed by atoms with Crippen molar-refractivity contribution >= 4 is 27.3 Å². The molecule has 1 amide bonds. The fourth-order valence-electron chi connectivity index (χ4n) is 4.77. The summed E-state index contributed by atoms with van der Waals surface area (Å²) in [5.74, 6) is -5.06. The molecule has 12 heteroatoms. The Morgan fingerprint density at radius 1 is 1.00 bits per heavy atom. The molecule has 0 radical (unpaired) electrons. The van der Waals surface area contributed by atoms with Crippen LogP contribution in [0.15, 0.2) is 47.6 Å². The second kappa shape index (κ2) is 8.56. The van der Waals surface area contributed by atoms with Crippen LogP contribution in [0.1, 0.15) is 12.5 Å². The summed E-state index contributed by atoms with van der Waals surface area (Å²) in [6, 6.07) is 5.38.